The van der Waals surface area contributed by atoms with Gasteiger partial charge in [0.2, 0.25) is 0 Å². The molecule has 9 heteroatoms. The number of H-pyrrole nitrogens is 1. The molecule has 0 unspecified atom stereocenters. The Morgan fingerprint density at radius 1 is 1.36 bits per heavy atom. The van der Waals surface area contributed by atoms with Gasteiger partial charge in [-0.1, -0.05) is 0 Å². The van der Waals surface area contributed by atoms with E-state index in [1.807, 2.05) is 0 Å². The fourth-order valence-electron chi connectivity index (χ4n) is 1.81. The largest absolute Gasteiger partial charge is 0.490 e. The van der Waals surface area contributed by atoms with Crippen LogP contribution >= 0.6 is 15.9 Å². The Morgan fingerprint density at radius 2 is 2.09 bits per heavy atom. The minimum Gasteiger partial charge on any atom is -0.490 e. The van der Waals surface area contributed by atoms with E-state index in [1.165, 1.54) is 6.92 Å². The SMILES string of the molecule is CCOc1cc(-c2n[nH]nc2C(N)=O)cc(Br)c1OC(C)=O. The fraction of sp³-hybridized carbons (Fsp3) is 0.231. The van der Waals surface area contributed by atoms with Crippen molar-refractivity contribution in [1.82, 2.24) is 15.4 Å². The molecule has 0 aliphatic carbocycles. The summed E-state index contributed by atoms with van der Waals surface area (Å²) in [7, 11) is 0. The van der Waals surface area contributed by atoms with Gasteiger partial charge in [0, 0.05) is 12.5 Å². The highest BCUT2D eigenvalue weighted by molar-refractivity contribution is 9.10. The second-order valence-electron chi connectivity index (χ2n) is 4.20. The number of aromatic nitrogens is 3. The lowest BCUT2D eigenvalue weighted by atomic mass is 10.1. The van der Waals surface area contributed by atoms with Gasteiger partial charge < -0.3 is 15.2 Å². The highest BCUT2D eigenvalue weighted by Crippen LogP contribution is 2.40. The van der Waals surface area contributed by atoms with Crippen LogP contribution in [0, 0.1) is 0 Å². The summed E-state index contributed by atoms with van der Waals surface area (Å²) in [5.74, 6) is -0.599. The highest BCUT2D eigenvalue weighted by atomic mass is 79.9. The molecule has 1 aromatic carbocycles. The lowest BCUT2D eigenvalue weighted by molar-refractivity contribution is -0.132. The van der Waals surface area contributed by atoms with Crippen molar-refractivity contribution in [3.63, 3.8) is 0 Å². The van der Waals surface area contributed by atoms with Crippen molar-refractivity contribution >= 4 is 27.8 Å². The monoisotopic (exact) mass is 368 g/mol. The van der Waals surface area contributed by atoms with Gasteiger partial charge in [0.1, 0.15) is 5.69 Å². The van der Waals surface area contributed by atoms with Crippen molar-refractivity contribution in [3.8, 4) is 22.8 Å². The van der Waals surface area contributed by atoms with Crippen LogP contribution in [-0.4, -0.2) is 33.9 Å². The molecule has 2 rings (SSSR count). The van der Waals surface area contributed by atoms with Crippen molar-refractivity contribution < 1.29 is 19.1 Å². The van der Waals surface area contributed by atoms with E-state index < -0.39 is 11.9 Å². The molecule has 1 amide bonds. The Labute approximate surface area is 134 Å². The average molecular weight is 369 g/mol. The van der Waals surface area contributed by atoms with Crippen LogP contribution in [0.3, 0.4) is 0 Å². The number of halogens is 1. The first-order chi connectivity index (χ1) is 10.4. The molecule has 0 saturated carbocycles. The number of ether oxygens (including phenoxy) is 2. The molecule has 1 aromatic heterocycles. The van der Waals surface area contributed by atoms with Crippen molar-refractivity contribution in [3.05, 3.63) is 22.3 Å². The summed E-state index contributed by atoms with van der Waals surface area (Å²) >= 11 is 3.31. The quantitative estimate of drug-likeness (QED) is 0.611. The van der Waals surface area contributed by atoms with Gasteiger partial charge in [0.15, 0.2) is 17.2 Å². The lowest BCUT2D eigenvalue weighted by Crippen LogP contribution is -2.13. The van der Waals surface area contributed by atoms with E-state index in [4.69, 9.17) is 15.2 Å². The molecule has 3 N–H and O–H groups in total. The Morgan fingerprint density at radius 3 is 2.68 bits per heavy atom. The first kappa shape index (κ1) is 16.0. The van der Waals surface area contributed by atoms with E-state index in [9.17, 15) is 9.59 Å². The standard InChI is InChI=1S/C13H13BrN4O4/c1-3-21-9-5-7(4-8(14)12(9)22-6(2)19)10-11(13(15)20)17-18-16-10/h4-5H,3H2,1-2H3,(H2,15,20)(H,16,17,18). The number of primary amides is 1. The van der Waals surface area contributed by atoms with Crippen LogP contribution in [0.15, 0.2) is 16.6 Å². The summed E-state index contributed by atoms with van der Waals surface area (Å²) in [6.45, 7) is 3.45. The second kappa shape index (κ2) is 6.56. The maximum absolute atomic E-state index is 11.4. The first-order valence-electron chi connectivity index (χ1n) is 6.29. The molecule has 0 aliphatic rings. The maximum Gasteiger partial charge on any atom is 0.308 e. The molecule has 8 nitrogen and oxygen atoms in total. The summed E-state index contributed by atoms with van der Waals surface area (Å²) in [6, 6.07) is 3.22. The van der Waals surface area contributed by atoms with Crippen LogP contribution in [0.4, 0.5) is 0 Å². The molecule has 1 heterocycles. The van der Waals surface area contributed by atoms with Gasteiger partial charge in [-0.15, -0.1) is 0 Å². The van der Waals surface area contributed by atoms with E-state index in [0.29, 0.717) is 22.4 Å². The smallest absolute Gasteiger partial charge is 0.308 e. The molecule has 116 valence electrons. The number of hydrogen-bond acceptors (Lipinski definition) is 6. The van der Waals surface area contributed by atoms with Crippen LogP contribution in [0.1, 0.15) is 24.3 Å². The molecular formula is C13H13BrN4O4. The Kier molecular flexibility index (Phi) is 4.76. The predicted octanol–water partition coefficient (Wildman–Crippen LogP) is 1.66. The molecule has 0 aliphatic heterocycles. The van der Waals surface area contributed by atoms with E-state index in [-0.39, 0.29) is 17.1 Å². The third-order valence-corrected chi connectivity index (χ3v) is 3.20. The van der Waals surface area contributed by atoms with Crippen LogP contribution in [-0.2, 0) is 4.79 Å². The number of nitrogens with two attached hydrogens (primary N) is 1. The maximum atomic E-state index is 11.4. The molecule has 0 radical (unpaired) electrons. The number of aromatic amines is 1. The van der Waals surface area contributed by atoms with E-state index >= 15 is 0 Å². The Hall–Kier alpha value is -2.42. The van der Waals surface area contributed by atoms with Gasteiger partial charge >= 0.3 is 5.97 Å². The minimum absolute atomic E-state index is 0.00887. The Bertz CT molecular complexity index is 729. The molecule has 0 bridgehead atoms. The summed E-state index contributed by atoms with van der Waals surface area (Å²) in [5, 5.41) is 9.99. The number of carbonyl (C=O) groups is 2. The van der Waals surface area contributed by atoms with Gasteiger partial charge in [-0.2, -0.15) is 15.4 Å². The number of esters is 1. The molecule has 0 atom stereocenters. The molecule has 0 spiro atoms. The zero-order valence-corrected chi connectivity index (χ0v) is 13.4. The highest BCUT2D eigenvalue weighted by Gasteiger charge is 2.20. The van der Waals surface area contributed by atoms with E-state index in [2.05, 4.69) is 31.3 Å². The first-order valence-corrected chi connectivity index (χ1v) is 7.09. The summed E-state index contributed by atoms with van der Waals surface area (Å²) in [5.41, 5.74) is 6.08. The van der Waals surface area contributed by atoms with Crippen LogP contribution < -0.4 is 15.2 Å². The minimum atomic E-state index is -0.707. The number of nitrogens with one attached hydrogen (secondary N) is 1. The van der Waals surface area contributed by atoms with E-state index in [1.54, 1.807) is 19.1 Å². The molecule has 0 saturated heterocycles. The van der Waals surface area contributed by atoms with Crippen LogP contribution in [0.2, 0.25) is 0 Å². The molecule has 22 heavy (non-hydrogen) atoms. The third kappa shape index (κ3) is 3.25. The predicted molar refractivity (Wildman–Crippen MR) is 80.5 cm³/mol. The molecule has 2 aromatic rings. The van der Waals surface area contributed by atoms with Gasteiger partial charge in [0.25, 0.3) is 5.91 Å². The number of amides is 1. The van der Waals surface area contributed by atoms with Crippen molar-refractivity contribution in [2.75, 3.05) is 6.61 Å². The lowest BCUT2D eigenvalue weighted by Gasteiger charge is -2.13. The number of carbonyl (C=O) groups excluding carboxylic acids is 2. The van der Waals surface area contributed by atoms with Crippen LogP contribution in [0.25, 0.3) is 11.3 Å². The number of benzene rings is 1. The van der Waals surface area contributed by atoms with E-state index in [0.717, 1.165) is 0 Å². The van der Waals surface area contributed by atoms with Gasteiger partial charge in [-0.3, -0.25) is 9.59 Å². The second-order valence-corrected chi connectivity index (χ2v) is 5.05. The number of nitrogens with zero attached hydrogens (tertiary/aromatic N) is 2. The summed E-state index contributed by atoms with van der Waals surface area (Å²) < 4.78 is 11.1. The normalized spacial score (nSPS) is 10.3. The van der Waals surface area contributed by atoms with Crippen molar-refractivity contribution in [1.29, 1.82) is 0 Å². The molecule has 0 fully saturated rings. The van der Waals surface area contributed by atoms with Crippen LogP contribution in [0.5, 0.6) is 11.5 Å². The van der Waals surface area contributed by atoms with Gasteiger partial charge in [0.05, 0.1) is 11.1 Å². The van der Waals surface area contributed by atoms with Crippen molar-refractivity contribution in [2.45, 2.75) is 13.8 Å². The number of rotatable bonds is 5. The van der Waals surface area contributed by atoms with Gasteiger partial charge in [-0.05, 0) is 35.0 Å². The topological polar surface area (TPSA) is 120 Å². The zero-order chi connectivity index (χ0) is 16.3. The average Bonchev–Trinajstić information content (AvgIpc) is 2.91. The molecular weight excluding hydrogens is 356 g/mol. The van der Waals surface area contributed by atoms with Crippen molar-refractivity contribution in [2.24, 2.45) is 5.73 Å². The summed E-state index contributed by atoms with van der Waals surface area (Å²) in [4.78, 5) is 22.5. The third-order valence-electron chi connectivity index (χ3n) is 2.61. The number of hydrogen-bond donors (Lipinski definition) is 2. The van der Waals surface area contributed by atoms with Gasteiger partial charge in [-0.25, -0.2) is 0 Å². The summed E-state index contributed by atoms with van der Waals surface area (Å²) in [6.07, 6.45) is 0. The Balaban J connectivity index is 2.56. The zero-order valence-electron chi connectivity index (χ0n) is 11.8. The fourth-order valence-corrected chi connectivity index (χ4v) is 2.34.